The molecular weight excluding hydrogens is 609 g/mol. The molecule has 0 aliphatic carbocycles. The van der Waals surface area contributed by atoms with Crippen LogP contribution in [-0.2, 0) is 0 Å². The lowest BCUT2D eigenvalue weighted by Gasteiger charge is -2.23. The van der Waals surface area contributed by atoms with Crippen LogP contribution in [0.15, 0.2) is 174 Å². The highest BCUT2D eigenvalue weighted by Crippen LogP contribution is 2.41. The molecule has 0 saturated heterocycles. The second kappa shape index (κ2) is 10.5. The fourth-order valence-corrected chi connectivity index (χ4v) is 8.32. The lowest BCUT2D eigenvalue weighted by atomic mass is 9.91. The van der Waals surface area contributed by atoms with Gasteiger partial charge < -0.3 is 14.3 Å². The third-order valence-corrected chi connectivity index (χ3v) is 10.6. The number of fused-ring (bicyclic) bond motifs is 13. The first kappa shape index (κ1) is 27.4. The van der Waals surface area contributed by atoms with Crippen molar-refractivity contribution in [3.63, 3.8) is 0 Å². The maximum Gasteiger partial charge on any atom is 0.145 e. The molecule has 50 heavy (non-hydrogen) atoms. The standard InChI is InChI=1S/C47H30N2O/c1-2-12-34-32(10-1)33-11-3-4-13-35(33)40-28-30(22-25-36(34)40)42-17-9-16-41(48-42)29-20-23-31(24-21-29)49-43-18-7-5-15-39(43)46-44(49)27-26-38-37-14-6-8-19-45(37)50-47(38)46/h1-28,42,48H. The van der Waals surface area contributed by atoms with E-state index in [-0.39, 0.29) is 6.04 Å². The fraction of sp³-hybridized carbons (Fsp3) is 0.0213. The molecule has 1 atom stereocenters. The number of nitrogens with one attached hydrogen (secondary N) is 1. The molecule has 0 spiro atoms. The maximum absolute atomic E-state index is 6.50. The van der Waals surface area contributed by atoms with E-state index in [0.717, 1.165) is 55.3 Å². The van der Waals surface area contributed by atoms with Gasteiger partial charge in [-0.25, -0.2) is 0 Å². The molecule has 8 aromatic carbocycles. The van der Waals surface area contributed by atoms with Crippen molar-refractivity contribution in [2.75, 3.05) is 0 Å². The first-order valence-corrected chi connectivity index (χ1v) is 17.2. The van der Waals surface area contributed by atoms with Crippen molar-refractivity contribution in [1.82, 2.24) is 9.88 Å². The van der Waals surface area contributed by atoms with Crippen LogP contribution in [0.4, 0.5) is 0 Å². The van der Waals surface area contributed by atoms with Gasteiger partial charge in [-0.05, 0) is 92.0 Å². The average Bonchev–Trinajstić information content (AvgIpc) is 3.74. The molecule has 0 bridgehead atoms. The molecule has 0 radical (unpaired) electrons. The molecule has 10 aromatic rings. The van der Waals surface area contributed by atoms with Gasteiger partial charge in [-0.2, -0.15) is 0 Å². The summed E-state index contributed by atoms with van der Waals surface area (Å²) in [5, 5.41) is 16.3. The van der Waals surface area contributed by atoms with E-state index in [2.05, 4.69) is 174 Å². The summed E-state index contributed by atoms with van der Waals surface area (Å²) in [6, 6.07) is 54.8. The quantitative estimate of drug-likeness (QED) is 0.195. The van der Waals surface area contributed by atoms with Crippen LogP contribution >= 0.6 is 0 Å². The maximum atomic E-state index is 6.50. The Hall–Kier alpha value is -6.58. The summed E-state index contributed by atoms with van der Waals surface area (Å²) >= 11 is 0. The fourth-order valence-electron chi connectivity index (χ4n) is 8.32. The zero-order valence-electron chi connectivity index (χ0n) is 27.1. The Morgan fingerprint density at radius 1 is 0.500 bits per heavy atom. The Morgan fingerprint density at radius 2 is 1.12 bits per heavy atom. The number of hydrogen-bond acceptors (Lipinski definition) is 2. The molecule has 1 aliphatic heterocycles. The summed E-state index contributed by atoms with van der Waals surface area (Å²) in [7, 11) is 0. The monoisotopic (exact) mass is 638 g/mol. The number of hydrogen-bond donors (Lipinski definition) is 1. The van der Waals surface area contributed by atoms with Gasteiger partial charge in [-0.15, -0.1) is 0 Å². The Kier molecular flexibility index (Phi) is 5.73. The van der Waals surface area contributed by atoms with Crippen LogP contribution in [0.3, 0.4) is 0 Å². The Labute approximate surface area is 288 Å². The molecule has 3 heterocycles. The molecule has 0 fully saturated rings. The van der Waals surface area contributed by atoms with Crippen LogP contribution in [0, 0.1) is 0 Å². The summed E-state index contributed by atoms with van der Waals surface area (Å²) in [5.41, 5.74) is 8.80. The smallest absolute Gasteiger partial charge is 0.145 e. The Morgan fingerprint density at radius 3 is 1.88 bits per heavy atom. The highest BCUT2D eigenvalue weighted by Gasteiger charge is 2.20. The van der Waals surface area contributed by atoms with Crippen molar-refractivity contribution in [2.45, 2.75) is 6.04 Å². The molecule has 234 valence electrons. The second-order valence-electron chi connectivity index (χ2n) is 13.3. The van der Waals surface area contributed by atoms with Crippen LogP contribution in [0.5, 0.6) is 0 Å². The van der Waals surface area contributed by atoms with E-state index >= 15 is 0 Å². The van der Waals surface area contributed by atoms with Gasteiger partial charge in [-0.1, -0.05) is 121 Å². The summed E-state index contributed by atoms with van der Waals surface area (Å²) in [5.74, 6) is 0. The minimum atomic E-state index is 0.0628. The van der Waals surface area contributed by atoms with Gasteiger partial charge in [0, 0.05) is 27.5 Å². The van der Waals surface area contributed by atoms with E-state index in [9.17, 15) is 0 Å². The van der Waals surface area contributed by atoms with E-state index in [1.54, 1.807) is 0 Å². The van der Waals surface area contributed by atoms with Crippen LogP contribution in [0.25, 0.3) is 87.4 Å². The van der Waals surface area contributed by atoms with Gasteiger partial charge in [0.1, 0.15) is 11.2 Å². The molecule has 0 saturated carbocycles. The van der Waals surface area contributed by atoms with Crippen molar-refractivity contribution in [3.05, 3.63) is 181 Å². The molecular formula is C47H30N2O. The number of aromatic nitrogens is 1. The van der Waals surface area contributed by atoms with Crippen molar-refractivity contribution >= 4 is 81.8 Å². The van der Waals surface area contributed by atoms with E-state index in [4.69, 9.17) is 4.42 Å². The van der Waals surface area contributed by atoms with Gasteiger partial charge in [0.15, 0.2) is 0 Å². The van der Waals surface area contributed by atoms with Gasteiger partial charge in [-0.3, -0.25) is 0 Å². The van der Waals surface area contributed by atoms with Gasteiger partial charge in [0.05, 0.1) is 22.5 Å². The van der Waals surface area contributed by atoms with E-state index < -0.39 is 0 Å². The molecule has 1 aliphatic rings. The SMILES string of the molecule is C1=CC(c2ccc3c4ccccc4c4ccccc4c3c2)NC(c2ccc(-n3c4ccccc4c4c5oc6ccccc6c5ccc43)cc2)=C1. The number of dihydropyridines is 1. The lowest BCUT2D eigenvalue weighted by molar-refractivity contribution is 0.673. The minimum absolute atomic E-state index is 0.0628. The van der Waals surface area contributed by atoms with Crippen molar-refractivity contribution in [2.24, 2.45) is 0 Å². The molecule has 0 amide bonds. The highest BCUT2D eigenvalue weighted by molar-refractivity contribution is 6.26. The first-order valence-electron chi connectivity index (χ1n) is 17.2. The highest BCUT2D eigenvalue weighted by atomic mass is 16.3. The van der Waals surface area contributed by atoms with E-state index in [1.807, 2.05) is 6.07 Å². The van der Waals surface area contributed by atoms with Gasteiger partial charge in [0.2, 0.25) is 0 Å². The largest absolute Gasteiger partial charge is 0.455 e. The number of nitrogens with zero attached hydrogens (tertiary/aromatic N) is 1. The first-order chi connectivity index (χ1) is 24.8. The molecule has 11 rings (SSSR count). The van der Waals surface area contributed by atoms with Crippen molar-refractivity contribution in [1.29, 1.82) is 0 Å². The third-order valence-electron chi connectivity index (χ3n) is 10.6. The molecule has 3 nitrogen and oxygen atoms in total. The number of para-hydroxylation sites is 2. The normalized spacial score (nSPS) is 14.8. The number of allylic oxidation sites excluding steroid dienone is 2. The third kappa shape index (κ3) is 3.92. The molecule has 1 unspecified atom stereocenters. The average molecular weight is 639 g/mol. The number of rotatable bonds is 3. The molecule has 3 heteroatoms. The zero-order chi connectivity index (χ0) is 32.8. The number of furan rings is 1. The Bertz CT molecular complexity index is 3030. The van der Waals surface area contributed by atoms with Crippen LogP contribution in [0.2, 0.25) is 0 Å². The van der Waals surface area contributed by atoms with E-state index in [1.165, 1.54) is 43.3 Å². The summed E-state index contributed by atoms with van der Waals surface area (Å²) < 4.78 is 8.85. The minimum Gasteiger partial charge on any atom is -0.455 e. The zero-order valence-corrected chi connectivity index (χ0v) is 27.1. The predicted molar refractivity (Wildman–Crippen MR) is 210 cm³/mol. The summed E-state index contributed by atoms with van der Waals surface area (Å²) in [6.45, 7) is 0. The summed E-state index contributed by atoms with van der Waals surface area (Å²) in [4.78, 5) is 0. The summed E-state index contributed by atoms with van der Waals surface area (Å²) in [6.07, 6.45) is 6.60. The van der Waals surface area contributed by atoms with Crippen molar-refractivity contribution in [3.8, 4) is 5.69 Å². The Balaban J connectivity index is 0.969. The van der Waals surface area contributed by atoms with Gasteiger partial charge in [0.25, 0.3) is 0 Å². The lowest BCUT2D eigenvalue weighted by Crippen LogP contribution is -2.20. The second-order valence-corrected chi connectivity index (χ2v) is 13.3. The van der Waals surface area contributed by atoms with Crippen molar-refractivity contribution < 1.29 is 4.42 Å². The van der Waals surface area contributed by atoms with E-state index in [0.29, 0.717) is 0 Å². The number of benzene rings is 8. The molecule has 1 N–H and O–H groups in total. The topological polar surface area (TPSA) is 30.1 Å². The van der Waals surface area contributed by atoms with Crippen LogP contribution in [-0.4, -0.2) is 4.57 Å². The predicted octanol–water partition coefficient (Wildman–Crippen LogP) is 12.4. The van der Waals surface area contributed by atoms with Gasteiger partial charge >= 0.3 is 0 Å². The van der Waals surface area contributed by atoms with Crippen LogP contribution < -0.4 is 5.32 Å². The molecule has 2 aromatic heterocycles. The van der Waals surface area contributed by atoms with Crippen LogP contribution in [0.1, 0.15) is 17.2 Å².